The van der Waals surface area contributed by atoms with Crippen LogP contribution in [0.4, 0.5) is 18.0 Å². The molecule has 0 aliphatic heterocycles. The van der Waals surface area contributed by atoms with Crippen LogP contribution in [0.5, 0.6) is 5.75 Å². The van der Waals surface area contributed by atoms with E-state index in [4.69, 9.17) is 9.84 Å². The van der Waals surface area contributed by atoms with Crippen LogP contribution in [-0.4, -0.2) is 23.3 Å². The summed E-state index contributed by atoms with van der Waals surface area (Å²) in [5, 5.41) is 10.8. The van der Waals surface area contributed by atoms with Gasteiger partial charge in [0.15, 0.2) is 0 Å². The molecule has 0 aromatic heterocycles. The maximum Gasteiger partial charge on any atom is 0.416 e. The van der Waals surface area contributed by atoms with Crippen molar-refractivity contribution in [3.8, 4) is 5.75 Å². The minimum absolute atomic E-state index is 0.142. The second kappa shape index (κ2) is 4.99. The molecular weight excluding hydrogens is 263 g/mol. The Labute approximate surface area is 107 Å². The molecule has 0 bridgehead atoms. The van der Waals surface area contributed by atoms with Gasteiger partial charge in [-0.1, -0.05) is 0 Å². The van der Waals surface area contributed by atoms with Gasteiger partial charge in [-0.2, -0.15) is 13.2 Å². The summed E-state index contributed by atoms with van der Waals surface area (Å²) in [4.78, 5) is 10.3. The van der Waals surface area contributed by atoms with Crippen LogP contribution in [0.1, 0.15) is 18.4 Å². The fourth-order valence-electron chi connectivity index (χ4n) is 1.87. The number of amides is 1. The zero-order valence-electron chi connectivity index (χ0n) is 9.78. The summed E-state index contributed by atoms with van der Waals surface area (Å²) in [6.07, 6.45) is -4.56. The molecule has 0 unspecified atom stereocenters. The van der Waals surface area contributed by atoms with Gasteiger partial charge in [0, 0.05) is 18.9 Å². The van der Waals surface area contributed by atoms with Crippen LogP contribution in [-0.2, 0) is 6.18 Å². The first-order valence-electron chi connectivity index (χ1n) is 5.68. The van der Waals surface area contributed by atoms with Crippen molar-refractivity contribution >= 4 is 6.09 Å². The molecule has 104 valence electrons. The summed E-state index contributed by atoms with van der Waals surface area (Å²) in [7, 11) is 0. The number of hydrogen-bond acceptors (Lipinski definition) is 2. The van der Waals surface area contributed by atoms with E-state index in [0.717, 1.165) is 12.1 Å². The monoisotopic (exact) mass is 275 g/mol. The largest absolute Gasteiger partial charge is 0.490 e. The zero-order valence-corrected chi connectivity index (χ0v) is 9.78. The van der Waals surface area contributed by atoms with Crippen molar-refractivity contribution in [3.05, 3.63) is 29.8 Å². The SMILES string of the molecule is O=C(O)N[C@H]1C[C@@H](Oc2ccc(C(F)(F)F)cc2)C1. The molecule has 2 rings (SSSR count). The summed E-state index contributed by atoms with van der Waals surface area (Å²) >= 11 is 0. The molecule has 19 heavy (non-hydrogen) atoms. The van der Waals surface area contributed by atoms with Gasteiger partial charge in [0.25, 0.3) is 0 Å². The van der Waals surface area contributed by atoms with Gasteiger partial charge in [0.1, 0.15) is 11.9 Å². The number of carbonyl (C=O) groups is 1. The van der Waals surface area contributed by atoms with Crippen molar-refractivity contribution in [2.45, 2.75) is 31.2 Å². The van der Waals surface area contributed by atoms with Crippen molar-refractivity contribution in [1.82, 2.24) is 5.32 Å². The highest BCUT2D eigenvalue weighted by atomic mass is 19.4. The highest BCUT2D eigenvalue weighted by molar-refractivity contribution is 5.65. The van der Waals surface area contributed by atoms with E-state index in [2.05, 4.69) is 5.32 Å². The average Bonchev–Trinajstić information content (AvgIpc) is 2.25. The van der Waals surface area contributed by atoms with Gasteiger partial charge in [0.2, 0.25) is 0 Å². The smallest absolute Gasteiger partial charge is 0.416 e. The third-order valence-corrected chi connectivity index (χ3v) is 2.91. The van der Waals surface area contributed by atoms with Crippen molar-refractivity contribution in [1.29, 1.82) is 0 Å². The Morgan fingerprint density at radius 2 is 1.84 bits per heavy atom. The number of alkyl halides is 3. The van der Waals surface area contributed by atoms with E-state index in [1.54, 1.807) is 0 Å². The Balaban J connectivity index is 1.84. The molecule has 1 aliphatic carbocycles. The van der Waals surface area contributed by atoms with E-state index in [1.807, 2.05) is 0 Å². The van der Waals surface area contributed by atoms with Gasteiger partial charge >= 0.3 is 12.3 Å². The Morgan fingerprint density at radius 1 is 1.26 bits per heavy atom. The lowest BCUT2D eigenvalue weighted by Gasteiger charge is -2.35. The molecular formula is C12H12F3NO3. The Bertz CT molecular complexity index is 452. The molecule has 0 saturated heterocycles. The maximum absolute atomic E-state index is 12.3. The summed E-state index contributed by atoms with van der Waals surface area (Å²) in [5.41, 5.74) is -0.723. The second-order valence-corrected chi connectivity index (χ2v) is 4.38. The molecule has 1 aliphatic rings. The Morgan fingerprint density at radius 3 is 2.32 bits per heavy atom. The number of carboxylic acid groups (broad SMARTS) is 1. The van der Waals surface area contributed by atoms with Crippen LogP contribution in [0.3, 0.4) is 0 Å². The molecule has 1 fully saturated rings. The lowest BCUT2D eigenvalue weighted by Crippen LogP contribution is -2.48. The molecule has 0 radical (unpaired) electrons. The predicted octanol–water partition coefficient (Wildman–Crippen LogP) is 2.88. The fraction of sp³-hybridized carbons (Fsp3) is 0.417. The van der Waals surface area contributed by atoms with E-state index < -0.39 is 17.8 Å². The quantitative estimate of drug-likeness (QED) is 0.891. The van der Waals surface area contributed by atoms with Crippen LogP contribution in [0.25, 0.3) is 0 Å². The molecule has 7 heteroatoms. The molecule has 0 atom stereocenters. The summed E-state index contributed by atoms with van der Waals surface area (Å²) in [6.45, 7) is 0. The summed E-state index contributed by atoms with van der Waals surface area (Å²) < 4.78 is 42.4. The van der Waals surface area contributed by atoms with Gasteiger partial charge in [0.05, 0.1) is 5.56 Å². The van der Waals surface area contributed by atoms with Gasteiger partial charge < -0.3 is 15.2 Å². The lowest BCUT2D eigenvalue weighted by molar-refractivity contribution is -0.137. The minimum atomic E-state index is -4.36. The molecule has 0 spiro atoms. The third kappa shape index (κ3) is 3.52. The van der Waals surface area contributed by atoms with Gasteiger partial charge in [-0.3, -0.25) is 0 Å². The molecule has 4 nitrogen and oxygen atoms in total. The van der Waals surface area contributed by atoms with Crippen LogP contribution < -0.4 is 10.1 Å². The van der Waals surface area contributed by atoms with Gasteiger partial charge in [-0.05, 0) is 24.3 Å². The van der Waals surface area contributed by atoms with Crippen molar-refractivity contribution in [3.63, 3.8) is 0 Å². The van der Waals surface area contributed by atoms with E-state index in [9.17, 15) is 18.0 Å². The van der Waals surface area contributed by atoms with Crippen molar-refractivity contribution in [2.24, 2.45) is 0 Å². The summed E-state index contributed by atoms with van der Waals surface area (Å²) in [5.74, 6) is 0.353. The number of rotatable bonds is 3. The standard InChI is InChI=1S/C12H12F3NO3/c13-12(14,15)7-1-3-9(4-2-7)19-10-5-8(6-10)16-11(17)18/h1-4,8,10,16H,5-6H2,(H,17,18)/t8-,10+. The van der Waals surface area contributed by atoms with E-state index >= 15 is 0 Å². The van der Waals surface area contributed by atoms with Gasteiger partial charge in [-0.15, -0.1) is 0 Å². The second-order valence-electron chi connectivity index (χ2n) is 4.38. The molecule has 2 N–H and O–H groups in total. The number of nitrogens with one attached hydrogen (secondary N) is 1. The highest BCUT2D eigenvalue weighted by Gasteiger charge is 2.33. The Kier molecular flexibility index (Phi) is 3.55. The zero-order chi connectivity index (χ0) is 14.0. The highest BCUT2D eigenvalue weighted by Crippen LogP contribution is 2.31. The number of benzene rings is 1. The number of ether oxygens (including phenoxy) is 1. The van der Waals surface area contributed by atoms with Gasteiger partial charge in [-0.25, -0.2) is 4.79 Å². The first-order chi connectivity index (χ1) is 8.84. The molecule has 1 aromatic carbocycles. The minimum Gasteiger partial charge on any atom is -0.490 e. The fourth-order valence-corrected chi connectivity index (χ4v) is 1.87. The first kappa shape index (κ1) is 13.5. The van der Waals surface area contributed by atoms with E-state index in [1.165, 1.54) is 12.1 Å². The molecule has 1 amide bonds. The van der Waals surface area contributed by atoms with Crippen LogP contribution in [0, 0.1) is 0 Å². The number of hydrogen-bond donors (Lipinski definition) is 2. The topological polar surface area (TPSA) is 58.6 Å². The van der Waals surface area contributed by atoms with Crippen LogP contribution in [0.2, 0.25) is 0 Å². The first-order valence-corrected chi connectivity index (χ1v) is 5.68. The normalized spacial score (nSPS) is 22.5. The third-order valence-electron chi connectivity index (χ3n) is 2.91. The average molecular weight is 275 g/mol. The lowest BCUT2D eigenvalue weighted by atomic mass is 9.89. The predicted molar refractivity (Wildman–Crippen MR) is 60.0 cm³/mol. The van der Waals surface area contributed by atoms with Crippen molar-refractivity contribution < 1.29 is 27.8 Å². The number of halogens is 3. The van der Waals surface area contributed by atoms with E-state index in [-0.39, 0.29) is 12.1 Å². The van der Waals surface area contributed by atoms with Crippen LogP contribution >= 0.6 is 0 Å². The molecule has 1 saturated carbocycles. The van der Waals surface area contributed by atoms with E-state index in [0.29, 0.717) is 18.6 Å². The molecule has 1 aromatic rings. The maximum atomic E-state index is 12.3. The summed E-state index contributed by atoms with van der Waals surface area (Å²) in [6, 6.07) is 4.31. The Hall–Kier alpha value is -1.92. The molecule has 0 heterocycles. The van der Waals surface area contributed by atoms with Crippen molar-refractivity contribution in [2.75, 3.05) is 0 Å². The van der Waals surface area contributed by atoms with Crippen LogP contribution in [0.15, 0.2) is 24.3 Å².